The van der Waals surface area contributed by atoms with Crippen LogP contribution < -0.4 is 10.2 Å². The molecule has 1 fully saturated rings. The van der Waals surface area contributed by atoms with Gasteiger partial charge in [-0.2, -0.15) is 5.10 Å². The van der Waals surface area contributed by atoms with Gasteiger partial charge in [-0.1, -0.05) is 57.2 Å². The molecular weight excluding hydrogens is 386 g/mol. The van der Waals surface area contributed by atoms with E-state index in [1.54, 1.807) is 0 Å². The van der Waals surface area contributed by atoms with Gasteiger partial charge >= 0.3 is 0 Å². The number of H-pyrrole nitrogens is 1. The van der Waals surface area contributed by atoms with Crippen molar-refractivity contribution in [3.8, 4) is 0 Å². The second-order valence-corrected chi connectivity index (χ2v) is 9.05. The predicted octanol–water partition coefficient (Wildman–Crippen LogP) is 4.16. The molecular formula is C24H31N7. The number of aromatic nitrogens is 4. The summed E-state index contributed by atoms with van der Waals surface area (Å²) in [5.74, 6) is 3.11. The molecule has 0 unspecified atom stereocenters. The summed E-state index contributed by atoms with van der Waals surface area (Å²) in [4.78, 5) is 14.2. The number of rotatable bonds is 5. The fourth-order valence-electron chi connectivity index (χ4n) is 3.42. The molecule has 1 aliphatic rings. The Morgan fingerprint density at radius 3 is 2.35 bits per heavy atom. The summed E-state index contributed by atoms with van der Waals surface area (Å²) in [7, 11) is 2.16. The van der Waals surface area contributed by atoms with Crippen LogP contribution in [0.3, 0.4) is 0 Å². The summed E-state index contributed by atoms with van der Waals surface area (Å²) in [6.07, 6.45) is 4.00. The van der Waals surface area contributed by atoms with Gasteiger partial charge < -0.3 is 15.1 Å². The zero-order valence-electron chi connectivity index (χ0n) is 18.8. The van der Waals surface area contributed by atoms with E-state index in [0.29, 0.717) is 5.82 Å². The van der Waals surface area contributed by atoms with Crippen LogP contribution in [0.25, 0.3) is 12.2 Å². The molecule has 0 atom stereocenters. The number of anilines is 3. The van der Waals surface area contributed by atoms with E-state index >= 15 is 0 Å². The maximum absolute atomic E-state index is 4.82. The molecule has 0 saturated carbocycles. The van der Waals surface area contributed by atoms with Crippen LogP contribution in [0.1, 0.15) is 37.9 Å². The standard InChI is InChI=1S/C24H31N7/c1-24(2,3)19-16-22(29-28-19)26-21-17-23(31-14-12-30(4)13-15-31)27-20(25-21)11-10-18-8-6-5-7-9-18/h5-11,16-17H,12-15H2,1-4H3,(H2,25,26,27,28,29)/b11-10+. The molecule has 4 rings (SSSR count). The number of nitrogens with one attached hydrogen (secondary N) is 2. The minimum absolute atomic E-state index is 0.00711. The third-order valence-corrected chi connectivity index (χ3v) is 5.42. The van der Waals surface area contributed by atoms with Crippen molar-refractivity contribution >= 4 is 29.6 Å². The van der Waals surface area contributed by atoms with Crippen molar-refractivity contribution < 1.29 is 0 Å². The highest BCUT2D eigenvalue weighted by molar-refractivity contribution is 5.69. The first kappa shape index (κ1) is 21.1. The van der Waals surface area contributed by atoms with Crippen LogP contribution in [0, 0.1) is 0 Å². The number of likely N-dealkylation sites (N-methyl/N-ethyl adjacent to an activating group) is 1. The maximum Gasteiger partial charge on any atom is 0.156 e. The summed E-state index contributed by atoms with van der Waals surface area (Å²) >= 11 is 0. The molecule has 7 nitrogen and oxygen atoms in total. The molecule has 31 heavy (non-hydrogen) atoms. The van der Waals surface area contributed by atoms with Gasteiger partial charge in [0, 0.05) is 49.4 Å². The first-order valence-electron chi connectivity index (χ1n) is 10.8. The topological polar surface area (TPSA) is 73.0 Å². The molecule has 0 aliphatic carbocycles. The Kier molecular flexibility index (Phi) is 6.04. The van der Waals surface area contributed by atoms with Gasteiger partial charge in [-0.15, -0.1) is 0 Å². The molecule has 1 aliphatic heterocycles. The number of benzene rings is 1. The monoisotopic (exact) mass is 417 g/mol. The Bertz CT molecular complexity index is 1030. The van der Waals surface area contributed by atoms with Crippen LogP contribution in [-0.4, -0.2) is 58.3 Å². The molecule has 3 aromatic rings. The third kappa shape index (κ3) is 5.49. The first-order chi connectivity index (χ1) is 14.9. The van der Waals surface area contributed by atoms with Crippen LogP contribution in [-0.2, 0) is 5.41 Å². The lowest BCUT2D eigenvalue weighted by Gasteiger charge is -2.33. The number of nitrogens with zero attached hydrogens (tertiary/aromatic N) is 5. The zero-order chi connectivity index (χ0) is 21.8. The largest absolute Gasteiger partial charge is 0.354 e. The minimum atomic E-state index is 0.00711. The summed E-state index contributed by atoms with van der Waals surface area (Å²) in [6, 6.07) is 14.2. The van der Waals surface area contributed by atoms with Crippen molar-refractivity contribution in [2.45, 2.75) is 26.2 Å². The summed E-state index contributed by atoms with van der Waals surface area (Å²) in [6.45, 7) is 10.4. The molecule has 3 heterocycles. The molecule has 0 amide bonds. The molecule has 1 aromatic carbocycles. The smallest absolute Gasteiger partial charge is 0.156 e. The first-order valence-corrected chi connectivity index (χ1v) is 10.8. The number of hydrogen-bond donors (Lipinski definition) is 2. The Labute approximate surface area is 184 Å². The Morgan fingerprint density at radius 1 is 0.935 bits per heavy atom. The van der Waals surface area contributed by atoms with E-state index in [1.165, 1.54) is 0 Å². The molecule has 0 radical (unpaired) electrons. The SMILES string of the molecule is CN1CCN(c2cc(Nc3cc(C(C)(C)C)[nH]n3)nc(/C=C/c3ccccc3)n2)CC1. The van der Waals surface area contributed by atoms with Gasteiger partial charge in [-0.3, -0.25) is 5.10 Å². The molecule has 162 valence electrons. The molecule has 7 heteroatoms. The highest BCUT2D eigenvalue weighted by Crippen LogP contribution is 2.25. The average molecular weight is 418 g/mol. The minimum Gasteiger partial charge on any atom is -0.354 e. The van der Waals surface area contributed by atoms with Gasteiger partial charge in [0.2, 0.25) is 0 Å². The van der Waals surface area contributed by atoms with E-state index in [9.17, 15) is 0 Å². The van der Waals surface area contributed by atoms with Crippen LogP contribution in [0.2, 0.25) is 0 Å². The lowest BCUT2D eigenvalue weighted by Crippen LogP contribution is -2.44. The normalized spacial score (nSPS) is 15.5. The third-order valence-electron chi connectivity index (χ3n) is 5.42. The molecule has 0 bridgehead atoms. The van der Waals surface area contributed by atoms with Gasteiger partial charge in [-0.05, 0) is 18.7 Å². The molecule has 1 saturated heterocycles. The zero-order valence-corrected chi connectivity index (χ0v) is 18.8. The van der Waals surface area contributed by atoms with E-state index in [1.807, 2.05) is 42.5 Å². The highest BCUT2D eigenvalue weighted by atomic mass is 15.3. The number of hydrogen-bond acceptors (Lipinski definition) is 6. The predicted molar refractivity (Wildman–Crippen MR) is 128 cm³/mol. The van der Waals surface area contributed by atoms with E-state index < -0.39 is 0 Å². The molecule has 2 N–H and O–H groups in total. The number of piperazine rings is 1. The van der Waals surface area contributed by atoms with Crippen molar-refractivity contribution in [2.75, 3.05) is 43.4 Å². The quantitative estimate of drug-likeness (QED) is 0.649. The van der Waals surface area contributed by atoms with Gasteiger partial charge in [0.05, 0.1) is 0 Å². The average Bonchev–Trinajstić information content (AvgIpc) is 3.22. The fraction of sp³-hybridized carbons (Fsp3) is 0.375. The Morgan fingerprint density at radius 2 is 1.68 bits per heavy atom. The van der Waals surface area contributed by atoms with E-state index in [4.69, 9.17) is 9.97 Å². The summed E-state index contributed by atoms with van der Waals surface area (Å²) < 4.78 is 0. The lowest BCUT2D eigenvalue weighted by atomic mass is 9.92. The van der Waals surface area contributed by atoms with Crippen molar-refractivity contribution in [3.63, 3.8) is 0 Å². The Hall–Kier alpha value is -3.19. The van der Waals surface area contributed by atoms with Crippen molar-refractivity contribution in [2.24, 2.45) is 0 Å². The van der Waals surface area contributed by atoms with Crippen molar-refractivity contribution in [1.29, 1.82) is 0 Å². The number of aromatic amines is 1. The lowest BCUT2D eigenvalue weighted by molar-refractivity contribution is 0.312. The fourth-order valence-corrected chi connectivity index (χ4v) is 3.42. The van der Waals surface area contributed by atoms with Crippen molar-refractivity contribution in [1.82, 2.24) is 25.1 Å². The van der Waals surface area contributed by atoms with Gasteiger partial charge in [0.1, 0.15) is 11.6 Å². The van der Waals surface area contributed by atoms with Gasteiger partial charge in [0.15, 0.2) is 11.6 Å². The molecule has 0 spiro atoms. The van der Waals surface area contributed by atoms with Gasteiger partial charge in [0.25, 0.3) is 0 Å². The van der Waals surface area contributed by atoms with Crippen LogP contribution in [0.15, 0.2) is 42.5 Å². The van der Waals surface area contributed by atoms with Crippen LogP contribution >= 0.6 is 0 Å². The van der Waals surface area contributed by atoms with Crippen LogP contribution in [0.4, 0.5) is 17.5 Å². The summed E-state index contributed by atoms with van der Waals surface area (Å²) in [5.41, 5.74) is 2.20. The Balaban J connectivity index is 1.62. The van der Waals surface area contributed by atoms with Gasteiger partial charge in [-0.25, -0.2) is 9.97 Å². The van der Waals surface area contributed by atoms with E-state index in [2.05, 4.69) is 65.3 Å². The summed E-state index contributed by atoms with van der Waals surface area (Å²) in [5, 5.41) is 10.9. The second kappa shape index (κ2) is 8.89. The van der Waals surface area contributed by atoms with E-state index in [-0.39, 0.29) is 5.41 Å². The van der Waals surface area contributed by atoms with Crippen LogP contribution in [0.5, 0.6) is 0 Å². The highest BCUT2D eigenvalue weighted by Gasteiger charge is 2.19. The van der Waals surface area contributed by atoms with Crippen molar-refractivity contribution in [3.05, 3.63) is 59.5 Å². The molecule has 2 aromatic heterocycles. The van der Waals surface area contributed by atoms with E-state index in [0.717, 1.165) is 54.9 Å². The maximum atomic E-state index is 4.82. The second-order valence-electron chi connectivity index (χ2n) is 9.05.